The largest absolute Gasteiger partial charge is 0.481 e. The first-order valence-electron chi connectivity index (χ1n) is 14.1. The van der Waals surface area contributed by atoms with Gasteiger partial charge in [-0.1, -0.05) is 62.5 Å². The summed E-state index contributed by atoms with van der Waals surface area (Å²) >= 11 is 6.82. The van der Waals surface area contributed by atoms with E-state index in [4.69, 9.17) is 22.1 Å². The molecule has 1 aromatic rings. The number of aliphatic carboxylic acids is 1. The number of pyridine rings is 1. The molecular weight excluding hydrogens is 548 g/mol. The van der Waals surface area contributed by atoms with E-state index in [1.807, 2.05) is 13.8 Å². The van der Waals surface area contributed by atoms with E-state index in [-0.39, 0.29) is 35.7 Å². The van der Waals surface area contributed by atoms with Crippen LogP contribution in [0.4, 0.5) is 5.82 Å². The van der Waals surface area contributed by atoms with Gasteiger partial charge in [0.1, 0.15) is 21.8 Å². The van der Waals surface area contributed by atoms with Gasteiger partial charge in [0.2, 0.25) is 0 Å². The summed E-state index contributed by atoms with van der Waals surface area (Å²) in [7, 11) is 1.67. The Morgan fingerprint density at radius 2 is 1.68 bits per heavy atom. The molecule has 11 heteroatoms. The number of hydrogen-bond acceptors (Lipinski definition) is 8. The molecule has 1 aromatic heterocycles. The molecule has 3 rings (SSSR count). The van der Waals surface area contributed by atoms with Crippen molar-refractivity contribution in [2.45, 2.75) is 90.8 Å². The van der Waals surface area contributed by atoms with E-state index in [0.29, 0.717) is 45.8 Å². The average Bonchev–Trinajstić information content (AvgIpc) is 3.15. The number of carboxylic acid groups (broad SMARTS) is 1. The number of amides is 1. The van der Waals surface area contributed by atoms with Gasteiger partial charge in [-0.25, -0.2) is 0 Å². The molecule has 0 aliphatic carbocycles. The predicted octanol–water partition coefficient (Wildman–Crippen LogP) is 4.98. The fourth-order valence-electron chi connectivity index (χ4n) is 5.38. The zero-order valence-electron chi connectivity index (χ0n) is 23.9. The molecular formula is C29H40N4O5S2. The summed E-state index contributed by atoms with van der Waals surface area (Å²) in [4.78, 5) is 41.2. The molecule has 218 valence electrons. The molecule has 2 unspecified atom stereocenters. The van der Waals surface area contributed by atoms with E-state index in [1.54, 1.807) is 24.9 Å². The van der Waals surface area contributed by atoms with Crippen LogP contribution in [-0.4, -0.2) is 62.6 Å². The van der Waals surface area contributed by atoms with Crippen LogP contribution in [-0.2, 0) is 21.4 Å². The molecule has 1 amide bonds. The third-order valence-corrected chi connectivity index (χ3v) is 8.74. The minimum Gasteiger partial charge on any atom is -0.481 e. The molecule has 2 aliphatic heterocycles. The van der Waals surface area contributed by atoms with Crippen LogP contribution in [0.25, 0.3) is 6.08 Å². The summed E-state index contributed by atoms with van der Waals surface area (Å²) in [5.74, 6) is -0.199. The number of thioether (sulfide) groups is 1. The standard InChI is InChI=1S/C29H40N4O5S2/c1-19-17-32(18-20(2)38-19)26-22(21(3)23(16-30)27(36)31(26)4)15-24-28(37)33(29(39)40-24)14-12-10-8-6-5-7-9-11-13-25(34)35/h15,19-20H,5-14,17-18H2,1-4H3,(H,34,35)/b24-15+. The van der Waals surface area contributed by atoms with Crippen LogP contribution in [0.3, 0.4) is 0 Å². The van der Waals surface area contributed by atoms with Gasteiger partial charge in [0.15, 0.2) is 0 Å². The molecule has 1 N–H and O–H groups in total. The van der Waals surface area contributed by atoms with Gasteiger partial charge in [0, 0.05) is 38.7 Å². The molecule has 2 aliphatic rings. The zero-order valence-corrected chi connectivity index (χ0v) is 25.5. The number of hydrogen-bond donors (Lipinski definition) is 1. The fraction of sp³-hybridized carbons (Fsp3) is 0.621. The smallest absolute Gasteiger partial charge is 0.303 e. The van der Waals surface area contributed by atoms with Crippen molar-refractivity contribution in [3.05, 3.63) is 31.9 Å². The minimum atomic E-state index is -0.733. The lowest BCUT2D eigenvalue weighted by molar-refractivity contribution is -0.137. The van der Waals surface area contributed by atoms with Crippen LogP contribution in [0, 0.1) is 18.3 Å². The van der Waals surface area contributed by atoms with E-state index in [9.17, 15) is 19.6 Å². The monoisotopic (exact) mass is 588 g/mol. The maximum atomic E-state index is 13.4. The zero-order chi connectivity index (χ0) is 29.4. The Balaban J connectivity index is 1.69. The highest BCUT2D eigenvalue weighted by molar-refractivity contribution is 8.26. The average molecular weight is 589 g/mol. The van der Waals surface area contributed by atoms with Crippen molar-refractivity contribution >= 4 is 52.1 Å². The third kappa shape index (κ3) is 7.95. The van der Waals surface area contributed by atoms with E-state index >= 15 is 0 Å². The molecule has 2 saturated heterocycles. The second-order valence-corrected chi connectivity index (χ2v) is 12.4. The number of rotatable bonds is 13. The summed E-state index contributed by atoms with van der Waals surface area (Å²) in [5, 5.41) is 18.4. The molecule has 3 heterocycles. The molecule has 0 saturated carbocycles. The van der Waals surface area contributed by atoms with Gasteiger partial charge in [-0.2, -0.15) is 5.26 Å². The number of morpholine rings is 1. The summed E-state index contributed by atoms with van der Waals surface area (Å²) in [5.41, 5.74) is 0.959. The maximum Gasteiger partial charge on any atom is 0.303 e. The van der Waals surface area contributed by atoms with E-state index in [2.05, 4.69) is 11.0 Å². The van der Waals surface area contributed by atoms with Gasteiger partial charge in [-0.05, 0) is 45.3 Å². The number of unbranched alkanes of at least 4 members (excludes halogenated alkanes) is 7. The lowest BCUT2D eigenvalue weighted by Crippen LogP contribution is -2.47. The van der Waals surface area contributed by atoms with Crippen LogP contribution in [0.5, 0.6) is 0 Å². The SMILES string of the molecule is Cc1c(/C=C2/SC(=S)N(CCCCCCCCCCC(=O)O)C2=O)c(N2CC(C)OC(C)C2)n(C)c(=O)c1C#N. The van der Waals surface area contributed by atoms with Crippen molar-refractivity contribution in [1.82, 2.24) is 9.47 Å². The van der Waals surface area contributed by atoms with Gasteiger partial charge in [-0.15, -0.1) is 0 Å². The van der Waals surface area contributed by atoms with Gasteiger partial charge in [0.25, 0.3) is 11.5 Å². The van der Waals surface area contributed by atoms with Gasteiger partial charge >= 0.3 is 5.97 Å². The normalized spacial score (nSPS) is 20.4. The summed E-state index contributed by atoms with van der Waals surface area (Å²) in [6, 6.07) is 2.05. The quantitative estimate of drug-likeness (QED) is 0.194. The third-order valence-electron chi connectivity index (χ3n) is 7.36. The van der Waals surface area contributed by atoms with Crippen molar-refractivity contribution in [2.24, 2.45) is 7.05 Å². The van der Waals surface area contributed by atoms with E-state index < -0.39 is 5.97 Å². The molecule has 9 nitrogen and oxygen atoms in total. The Bertz CT molecular complexity index is 1240. The number of ether oxygens (including phenoxy) is 1. The van der Waals surface area contributed by atoms with Gasteiger partial charge < -0.3 is 14.7 Å². The lowest BCUT2D eigenvalue weighted by Gasteiger charge is -2.38. The topological polar surface area (TPSA) is 116 Å². The number of carboxylic acids is 1. The summed E-state index contributed by atoms with van der Waals surface area (Å²) < 4.78 is 7.93. The molecule has 0 spiro atoms. The van der Waals surface area contributed by atoms with Gasteiger partial charge in [0.05, 0.1) is 17.1 Å². The van der Waals surface area contributed by atoms with E-state index in [1.165, 1.54) is 16.3 Å². The Morgan fingerprint density at radius 1 is 1.10 bits per heavy atom. The second-order valence-electron chi connectivity index (χ2n) is 10.7. The highest BCUT2D eigenvalue weighted by Crippen LogP contribution is 2.36. The van der Waals surface area contributed by atoms with Crippen molar-refractivity contribution < 1.29 is 19.4 Å². The highest BCUT2D eigenvalue weighted by atomic mass is 32.2. The number of carbonyl (C=O) groups is 2. The number of nitrogens with zero attached hydrogens (tertiary/aromatic N) is 4. The molecule has 2 fully saturated rings. The molecule has 0 aromatic carbocycles. The van der Waals surface area contributed by atoms with Crippen LogP contribution in [0.2, 0.25) is 0 Å². The first-order chi connectivity index (χ1) is 19.0. The first-order valence-corrected chi connectivity index (χ1v) is 15.3. The molecule has 0 radical (unpaired) electrons. The van der Waals surface area contributed by atoms with Crippen LogP contribution >= 0.6 is 24.0 Å². The van der Waals surface area contributed by atoms with Crippen LogP contribution in [0.1, 0.15) is 88.3 Å². The number of nitriles is 1. The number of anilines is 1. The summed E-state index contributed by atoms with van der Waals surface area (Å²) in [6.45, 7) is 7.48. The Kier molecular flexibility index (Phi) is 11.8. The van der Waals surface area contributed by atoms with Crippen molar-refractivity contribution in [3.8, 4) is 6.07 Å². The predicted molar refractivity (Wildman–Crippen MR) is 162 cm³/mol. The molecule has 2 atom stereocenters. The van der Waals surface area contributed by atoms with Gasteiger partial charge in [-0.3, -0.25) is 23.9 Å². The van der Waals surface area contributed by atoms with Crippen molar-refractivity contribution in [3.63, 3.8) is 0 Å². The highest BCUT2D eigenvalue weighted by Gasteiger charge is 2.33. The molecule has 0 bridgehead atoms. The lowest BCUT2D eigenvalue weighted by atomic mass is 10.0. The van der Waals surface area contributed by atoms with Crippen LogP contribution < -0.4 is 10.5 Å². The summed E-state index contributed by atoms with van der Waals surface area (Å²) in [6.07, 6.45) is 9.81. The number of carbonyl (C=O) groups excluding carboxylic acids is 1. The molecule has 40 heavy (non-hydrogen) atoms. The number of thiocarbonyl (C=S) groups is 1. The minimum absolute atomic E-state index is 0.0298. The first kappa shape index (κ1) is 31.8. The Labute approximate surface area is 246 Å². The van der Waals surface area contributed by atoms with E-state index in [0.717, 1.165) is 51.4 Å². The Morgan fingerprint density at radius 3 is 2.25 bits per heavy atom. The fourth-order valence-corrected chi connectivity index (χ4v) is 6.67. The van der Waals surface area contributed by atoms with Crippen molar-refractivity contribution in [1.29, 1.82) is 5.26 Å². The maximum absolute atomic E-state index is 13.4. The number of aromatic nitrogens is 1. The van der Waals surface area contributed by atoms with Crippen molar-refractivity contribution in [2.75, 3.05) is 24.5 Å². The second kappa shape index (κ2) is 14.8. The Hall–Kier alpha value is -2.68. The van der Waals surface area contributed by atoms with Crippen LogP contribution in [0.15, 0.2) is 9.70 Å².